The number of benzene rings is 1. The lowest BCUT2D eigenvalue weighted by atomic mass is 9.70. The van der Waals surface area contributed by atoms with E-state index in [0.717, 1.165) is 5.56 Å². The average Bonchev–Trinajstić information content (AvgIpc) is 3.19. The molecule has 1 aromatic rings. The maximum Gasteiger partial charge on any atom is 0.309 e. The van der Waals surface area contributed by atoms with Gasteiger partial charge in [-0.25, -0.2) is 0 Å². The molecule has 0 radical (unpaired) electrons. The molecular formula is C22H30O9. The Morgan fingerprint density at radius 2 is 1.77 bits per heavy atom. The monoisotopic (exact) mass is 438 g/mol. The molecule has 0 amide bonds. The first-order valence-electron chi connectivity index (χ1n) is 10.3. The third kappa shape index (κ3) is 3.14. The Morgan fingerprint density at radius 3 is 2.35 bits per heavy atom. The normalized spacial score (nSPS) is 38.5. The number of carbonyl (C=O) groups excluding carboxylic acids is 1. The second-order valence-electron chi connectivity index (χ2n) is 8.34. The van der Waals surface area contributed by atoms with E-state index < -0.39 is 41.7 Å². The molecule has 4 rings (SSSR count). The third-order valence-corrected chi connectivity index (χ3v) is 7.04. The zero-order valence-electron chi connectivity index (χ0n) is 18.7. The van der Waals surface area contributed by atoms with Gasteiger partial charge in [0, 0.05) is 25.7 Å². The Hall–Kier alpha value is -1.91. The number of aliphatic hydroxyl groups is 1. The van der Waals surface area contributed by atoms with Crippen LogP contribution in [0.2, 0.25) is 0 Å². The van der Waals surface area contributed by atoms with E-state index in [1.54, 1.807) is 33.1 Å². The number of hydrogen-bond acceptors (Lipinski definition) is 9. The summed E-state index contributed by atoms with van der Waals surface area (Å²) in [6.45, 7) is 3.29. The van der Waals surface area contributed by atoms with E-state index in [0.29, 0.717) is 23.5 Å². The fourth-order valence-corrected chi connectivity index (χ4v) is 5.11. The molecule has 2 aliphatic heterocycles. The zero-order chi connectivity index (χ0) is 22.6. The van der Waals surface area contributed by atoms with Crippen molar-refractivity contribution in [2.24, 2.45) is 5.92 Å². The van der Waals surface area contributed by atoms with Gasteiger partial charge in [-0.15, -0.1) is 0 Å². The highest BCUT2D eigenvalue weighted by Gasteiger charge is 2.64. The Kier molecular flexibility index (Phi) is 5.68. The summed E-state index contributed by atoms with van der Waals surface area (Å²) in [6, 6.07) is 3.52. The molecule has 3 aliphatic rings. The van der Waals surface area contributed by atoms with Crippen molar-refractivity contribution in [3.05, 3.63) is 23.3 Å². The molecule has 0 unspecified atom stereocenters. The standard InChI is InChI=1S/C22H30O9/c1-21(27-5)22(2,28-6)31-18-14(30-21)9-12(20(24)26-4)16-15-11(10-23)7-8-13(25-3)17(15)29-19(16)18/h7-8,12,14,16,18-19,23H,9-10H2,1-6H3/t12-,14+,16-,18-,19+,21-,22-/m0/s1. The van der Waals surface area contributed by atoms with Gasteiger partial charge in [-0.3, -0.25) is 4.79 Å². The molecule has 1 aliphatic carbocycles. The molecule has 7 atom stereocenters. The fraction of sp³-hybridized carbons (Fsp3) is 0.682. The Balaban J connectivity index is 1.82. The number of aliphatic hydroxyl groups excluding tert-OH is 1. The number of carbonyl (C=O) groups is 1. The summed E-state index contributed by atoms with van der Waals surface area (Å²) in [4.78, 5) is 12.8. The summed E-state index contributed by atoms with van der Waals surface area (Å²) in [5.74, 6) is -2.73. The molecule has 2 fully saturated rings. The van der Waals surface area contributed by atoms with E-state index in [1.807, 2.05) is 0 Å². The lowest BCUT2D eigenvalue weighted by Crippen LogP contribution is -2.69. The second kappa shape index (κ2) is 7.90. The Labute approximate surface area is 181 Å². The minimum Gasteiger partial charge on any atom is -0.493 e. The number of ether oxygens (including phenoxy) is 7. The van der Waals surface area contributed by atoms with E-state index >= 15 is 0 Å². The van der Waals surface area contributed by atoms with Crippen molar-refractivity contribution < 1.29 is 43.1 Å². The van der Waals surface area contributed by atoms with Gasteiger partial charge in [-0.2, -0.15) is 0 Å². The smallest absolute Gasteiger partial charge is 0.309 e. The molecular weight excluding hydrogens is 408 g/mol. The first-order chi connectivity index (χ1) is 14.8. The Morgan fingerprint density at radius 1 is 1.10 bits per heavy atom. The number of hydrogen-bond donors (Lipinski definition) is 1. The van der Waals surface area contributed by atoms with Crippen LogP contribution in [-0.4, -0.2) is 69.4 Å². The van der Waals surface area contributed by atoms with E-state index in [2.05, 4.69) is 0 Å². The van der Waals surface area contributed by atoms with Crippen molar-refractivity contribution in [2.45, 2.75) is 62.7 Å². The predicted molar refractivity (Wildman–Crippen MR) is 107 cm³/mol. The SMILES string of the molecule is COC(=O)[C@H]1C[C@H]2O[C@](C)(OC)[C@@](C)(OC)O[C@@H]2[C@@H]2Oc3c(OC)ccc(CO)c3[C@@H]21. The average molecular weight is 438 g/mol. The second-order valence-corrected chi connectivity index (χ2v) is 8.34. The first-order valence-corrected chi connectivity index (χ1v) is 10.3. The van der Waals surface area contributed by atoms with Crippen molar-refractivity contribution in [1.82, 2.24) is 0 Å². The maximum absolute atomic E-state index is 12.8. The lowest BCUT2D eigenvalue weighted by molar-refractivity contribution is -0.457. The van der Waals surface area contributed by atoms with Crippen molar-refractivity contribution in [3.8, 4) is 11.5 Å². The molecule has 31 heavy (non-hydrogen) atoms. The largest absolute Gasteiger partial charge is 0.493 e. The van der Waals surface area contributed by atoms with Crippen molar-refractivity contribution in [2.75, 3.05) is 28.4 Å². The summed E-state index contributed by atoms with van der Waals surface area (Å²) >= 11 is 0. The molecule has 0 aromatic heterocycles. The molecule has 1 N–H and O–H groups in total. The number of fused-ring (bicyclic) bond motifs is 5. The molecule has 0 spiro atoms. The van der Waals surface area contributed by atoms with Crippen LogP contribution < -0.4 is 9.47 Å². The van der Waals surface area contributed by atoms with E-state index in [9.17, 15) is 9.90 Å². The number of esters is 1. The molecule has 9 heteroatoms. The van der Waals surface area contributed by atoms with Crippen LogP contribution in [-0.2, 0) is 35.1 Å². The van der Waals surface area contributed by atoms with Gasteiger partial charge in [0.1, 0.15) is 12.2 Å². The summed E-state index contributed by atoms with van der Waals surface area (Å²) < 4.78 is 41.0. The maximum atomic E-state index is 12.8. The molecule has 0 bridgehead atoms. The van der Waals surface area contributed by atoms with Crippen LogP contribution in [0.4, 0.5) is 0 Å². The highest BCUT2D eigenvalue weighted by atomic mass is 16.8. The van der Waals surface area contributed by atoms with E-state index in [4.69, 9.17) is 33.2 Å². The van der Waals surface area contributed by atoms with Crippen molar-refractivity contribution >= 4 is 5.97 Å². The van der Waals surface area contributed by atoms with Crippen LogP contribution in [0.25, 0.3) is 0 Å². The van der Waals surface area contributed by atoms with E-state index in [-0.39, 0.29) is 12.6 Å². The molecule has 9 nitrogen and oxygen atoms in total. The molecule has 2 heterocycles. The highest BCUT2D eigenvalue weighted by Crippen LogP contribution is 2.57. The lowest BCUT2D eigenvalue weighted by Gasteiger charge is -2.55. The van der Waals surface area contributed by atoms with Gasteiger partial charge < -0.3 is 38.3 Å². The van der Waals surface area contributed by atoms with Gasteiger partial charge in [0.15, 0.2) is 11.5 Å². The van der Waals surface area contributed by atoms with Crippen LogP contribution >= 0.6 is 0 Å². The number of methoxy groups -OCH3 is 4. The van der Waals surface area contributed by atoms with Crippen LogP contribution in [0.1, 0.15) is 37.3 Å². The summed E-state index contributed by atoms with van der Waals surface area (Å²) in [5.41, 5.74) is 1.41. The topological polar surface area (TPSA) is 102 Å². The minimum absolute atomic E-state index is 0.199. The van der Waals surface area contributed by atoms with Crippen LogP contribution in [0.15, 0.2) is 12.1 Å². The third-order valence-electron chi connectivity index (χ3n) is 7.04. The summed E-state index contributed by atoms with van der Waals surface area (Å²) in [6.07, 6.45) is -1.29. The predicted octanol–water partition coefficient (Wildman–Crippen LogP) is 1.73. The minimum atomic E-state index is -1.21. The van der Waals surface area contributed by atoms with Gasteiger partial charge in [0.25, 0.3) is 0 Å². The zero-order valence-corrected chi connectivity index (χ0v) is 18.7. The van der Waals surface area contributed by atoms with Gasteiger partial charge in [-0.1, -0.05) is 6.07 Å². The highest BCUT2D eigenvalue weighted by molar-refractivity contribution is 5.75. The van der Waals surface area contributed by atoms with Gasteiger partial charge in [0.2, 0.25) is 11.6 Å². The summed E-state index contributed by atoms with van der Waals surface area (Å²) in [7, 11) is 5.95. The molecule has 172 valence electrons. The van der Waals surface area contributed by atoms with Gasteiger partial charge in [-0.05, 0) is 31.9 Å². The van der Waals surface area contributed by atoms with Crippen LogP contribution in [0.5, 0.6) is 11.5 Å². The van der Waals surface area contributed by atoms with Crippen molar-refractivity contribution in [3.63, 3.8) is 0 Å². The van der Waals surface area contributed by atoms with Gasteiger partial charge >= 0.3 is 5.97 Å². The molecule has 1 aromatic carbocycles. The first kappa shape index (κ1) is 22.3. The van der Waals surface area contributed by atoms with Crippen LogP contribution in [0.3, 0.4) is 0 Å². The van der Waals surface area contributed by atoms with Crippen LogP contribution in [0, 0.1) is 5.92 Å². The fourth-order valence-electron chi connectivity index (χ4n) is 5.11. The van der Waals surface area contributed by atoms with Crippen molar-refractivity contribution in [1.29, 1.82) is 0 Å². The molecule has 1 saturated carbocycles. The van der Waals surface area contributed by atoms with Gasteiger partial charge in [0.05, 0.1) is 32.8 Å². The number of rotatable bonds is 5. The van der Waals surface area contributed by atoms with E-state index in [1.165, 1.54) is 21.3 Å². The Bertz CT molecular complexity index is 858. The molecule has 1 saturated heterocycles. The quantitative estimate of drug-likeness (QED) is 0.689. The summed E-state index contributed by atoms with van der Waals surface area (Å²) in [5, 5.41) is 9.99.